The van der Waals surface area contributed by atoms with Crippen LogP contribution in [0.1, 0.15) is 33.3 Å². The lowest BCUT2D eigenvalue weighted by Gasteiger charge is -2.40. The molecule has 0 saturated carbocycles. The summed E-state index contributed by atoms with van der Waals surface area (Å²) in [5, 5.41) is 1.26. The average Bonchev–Trinajstić information content (AvgIpc) is 2.38. The summed E-state index contributed by atoms with van der Waals surface area (Å²) in [6, 6.07) is 8.14. The van der Waals surface area contributed by atoms with Gasteiger partial charge in [-0.25, -0.2) is 0 Å². The smallest absolute Gasteiger partial charge is 0.309 e. The van der Waals surface area contributed by atoms with Gasteiger partial charge in [-0.1, -0.05) is 46.7 Å². The van der Waals surface area contributed by atoms with Gasteiger partial charge >= 0.3 is 5.97 Å². The second kappa shape index (κ2) is 6.69. The number of ether oxygens (including phenoxy) is 2. The molecular formula is C16H25O3P. The molecule has 0 spiro atoms. The van der Waals surface area contributed by atoms with E-state index >= 15 is 0 Å². The van der Waals surface area contributed by atoms with Crippen LogP contribution in [-0.2, 0) is 20.7 Å². The van der Waals surface area contributed by atoms with Gasteiger partial charge in [-0.05, 0) is 24.7 Å². The molecule has 0 radical (unpaired) electrons. The van der Waals surface area contributed by atoms with Crippen molar-refractivity contribution in [3.8, 4) is 0 Å². The van der Waals surface area contributed by atoms with Crippen LogP contribution in [0.25, 0.3) is 0 Å². The zero-order chi connectivity index (χ0) is 15.4. The lowest BCUT2D eigenvalue weighted by Crippen LogP contribution is -2.44. The molecule has 0 fully saturated rings. The fourth-order valence-electron chi connectivity index (χ4n) is 1.76. The first-order valence-corrected chi connectivity index (χ1v) is 7.71. The van der Waals surface area contributed by atoms with Gasteiger partial charge in [0.15, 0.2) is 0 Å². The minimum absolute atomic E-state index is 0.0195. The number of hydrogen-bond donors (Lipinski definition) is 0. The Morgan fingerprint density at radius 3 is 2.40 bits per heavy atom. The van der Waals surface area contributed by atoms with Crippen LogP contribution in [0.3, 0.4) is 0 Å². The molecule has 0 N–H and O–H groups in total. The second-order valence-electron chi connectivity index (χ2n) is 5.92. The molecule has 1 aromatic rings. The monoisotopic (exact) mass is 296 g/mol. The van der Waals surface area contributed by atoms with Gasteiger partial charge in [-0.15, -0.1) is 0 Å². The maximum absolute atomic E-state index is 11.3. The summed E-state index contributed by atoms with van der Waals surface area (Å²) >= 11 is 0. The lowest BCUT2D eigenvalue weighted by molar-refractivity contribution is -0.139. The summed E-state index contributed by atoms with van der Waals surface area (Å²) in [5.74, 6) is -0.207. The summed E-state index contributed by atoms with van der Waals surface area (Å²) in [4.78, 5) is 11.3. The molecule has 20 heavy (non-hydrogen) atoms. The van der Waals surface area contributed by atoms with Gasteiger partial charge < -0.3 is 9.47 Å². The molecule has 0 aliphatic heterocycles. The third-order valence-electron chi connectivity index (χ3n) is 3.98. The third-order valence-corrected chi connectivity index (χ3v) is 5.80. The molecule has 0 aliphatic rings. The third kappa shape index (κ3) is 4.29. The highest BCUT2D eigenvalue weighted by molar-refractivity contribution is 7.49. The maximum Gasteiger partial charge on any atom is 0.309 e. The van der Waals surface area contributed by atoms with E-state index < -0.39 is 0 Å². The van der Waals surface area contributed by atoms with Crippen LogP contribution >= 0.6 is 8.58 Å². The molecule has 0 heterocycles. The van der Waals surface area contributed by atoms with E-state index in [2.05, 4.69) is 39.8 Å². The topological polar surface area (TPSA) is 35.5 Å². The van der Waals surface area contributed by atoms with Crippen molar-refractivity contribution in [2.24, 2.45) is 0 Å². The Morgan fingerprint density at radius 1 is 1.20 bits per heavy atom. The Bertz CT molecular complexity index is 467. The van der Waals surface area contributed by atoms with Crippen LogP contribution in [0.4, 0.5) is 0 Å². The number of hydrogen-bond acceptors (Lipinski definition) is 3. The van der Waals surface area contributed by atoms with E-state index in [1.54, 1.807) is 7.11 Å². The number of carbonyl (C=O) groups is 1. The fourth-order valence-corrected chi connectivity index (χ4v) is 3.33. The molecule has 3 nitrogen and oxygen atoms in total. The Hall–Kier alpha value is -0.920. The van der Waals surface area contributed by atoms with Crippen molar-refractivity contribution < 1.29 is 14.3 Å². The van der Waals surface area contributed by atoms with Crippen molar-refractivity contribution in [1.82, 2.24) is 0 Å². The SMILES string of the molecule is COC(=O)Cc1cccc(PC(C)(C)C(C)(C)OC)c1. The van der Waals surface area contributed by atoms with Gasteiger partial charge in [-0.2, -0.15) is 0 Å². The summed E-state index contributed by atoms with van der Waals surface area (Å²) in [6.07, 6.45) is 0.322. The quantitative estimate of drug-likeness (QED) is 0.598. The highest BCUT2D eigenvalue weighted by Crippen LogP contribution is 2.41. The summed E-state index contributed by atoms with van der Waals surface area (Å²) in [6.45, 7) is 8.64. The lowest BCUT2D eigenvalue weighted by atomic mass is 9.93. The first-order valence-electron chi connectivity index (χ1n) is 6.71. The van der Waals surface area contributed by atoms with Gasteiger partial charge in [0.1, 0.15) is 0 Å². The summed E-state index contributed by atoms with van der Waals surface area (Å²) < 4.78 is 10.3. The number of rotatable bonds is 6. The molecule has 1 aromatic carbocycles. The second-order valence-corrected chi connectivity index (χ2v) is 8.00. The number of esters is 1. The van der Waals surface area contributed by atoms with E-state index in [1.807, 2.05) is 12.1 Å². The standard InChI is InChI=1S/C16H25O3P/c1-15(2,19-6)16(3,4)20-13-9-7-8-12(10-13)11-14(17)18-5/h7-10,20H,11H2,1-6H3. The molecule has 112 valence electrons. The van der Waals surface area contributed by atoms with Crippen molar-refractivity contribution in [1.29, 1.82) is 0 Å². The molecule has 4 heteroatoms. The van der Waals surface area contributed by atoms with Crippen molar-refractivity contribution in [3.63, 3.8) is 0 Å². The van der Waals surface area contributed by atoms with Crippen LogP contribution in [-0.4, -0.2) is 30.9 Å². The molecule has 0 saturated heterocycles. The highest BCUT2D eigenvalue weighted by Gasteiger charge is 2.37. The Balaban J connectivity index is 2.88. The average molecular weight is 296 g/mol. The number of carbonyl (C=O) groups excluding carboxylic acids is 1. The normalized spacial score (nSPS) is 12.9. The van der Waals surface area contributed by atoms with Crippen LogP contribution in [0, 0.1) is 0 Å². The van der Waals surface area contributed by atoms with Crippen LogP contribution in [0.5, 0.6) is 0 Å². The van der Waals surface area contributed by atoms with E-state index in [0.29, 0.717) is 15.0 Å². The van der Waals surface area contributed by atoms with Crippen LogP contribution in [0.15, 0.2) is 24.3 Å². The van der Waals surface area contributed by atoms with Crippen molar-refractivity contribution >= 4 is 19.9 Å². The van der Waals surface area contributed by atoms with E-state index in [0.717, 1.165) is 5.56 Å². The largest absolute Gasteiger partial charge is 0.469 e. The molecule has 0 aromatic heterocycles. The Morgan fingerprint density at radius 2 is 1.85 bits per heavy atom. The van der Waals surface area contributed by atoms with E-state index in [9.17, 15) is 4.79 Å². The van der Waals surface area contributed by atoms with Gasteiger partial charge in [0.25, 0.3) is 0 Å². The van der Waals surface area contributed by atoms with Crippen molar-refractivity contribution in [3.05, 3.63) is 29.8 Å². The van der Waals surface area contributed by atoms with E-state index in [1.165, 1.54) is 12.4 Å². The first kappa shape index (κ1) is 17.1. The number of methoxy groups -OCH3 is 2. The van der Waals surface area contributed by atoms with Crippen molar-refractivity contribution in [2.75, 3.05) is 14.2 Å². The minimum Gasteiger partial charge on any atom is -0.469 e. The molecule has 1 rings (SSSR count). The van der Waals surface area contributed by atoms with Gasteiger partial charge in [0.05, 0.1) is 19.1 Å². The van der Waals surface area contributed by atoms with Gasteiger partial charge in [0, 0.05) is 12.3 Å². The number of benzene rings is 1. The molecule has 1 unspecified atom stereocenters. The predicted octanol–water partition coefficient (Wildman–Crippen LogP) is 2.91. The highest BCUT2D eigenvalue weighted by atomic mass is 31.1. The zero-order valence-electron chi connectivity index (χ0n) is 13.2. The Labute approximate surface area is 123 Å². The van der Waals surface area contributed by atoms with Crippen LogP contribution < -0.4 is 5.30 Å². The summed E-state index contributed by atoms with van der Waals surface area (Å²) in [5.41, 5.74) is 0.789. The predicted molar refractivity (Wildman–Crippen MR) is 85.3 cm³/mol. The molecular weight excluding hydrogens is 271 g/mol. The van der Waals surface area contributed by atoms with Crippen molar-refractivity contribution in [2.45, 2.75) is 44.9 Å². The fraction of sp³-hybridized carbons (Fsp3) is 0.562. The van der Waals surface area contributed by atoms with Gasteiger partial charge in [-0.3, -0.25) is 4.79 Å². The molecule has 0 aliphatic carbocycles. The summed E-state index contributed by atoms with van der Waals surface area (Å²) in [7, 11) is 3.77. The first-order chi connectivity index (χ1) is 9.21. The van der Waals surface area contributed by atoms with E-state index in [4.69, 9.17) is 9.47 Å². The zero-order valence-corrected chi connectivity index (χ0v) is 14.2. The Kier molecular flexibility index (Phi) is 5.73. The van der Waals surface area contributed by atoms with Crippen LogP contribution in [0.2, 0.25) is 0 Å². The molecule has 0 amide bonds. The van der Waals surface area contributed by atoms with E-state index in [-0.39, 0.29) is 16.7 Å². The minimum atomic E-state index is -0.207. The maximum atomic E-state index is 11.3. The van der Waals surface area contributed by atoms with Gasteiger partial charge in [0.2, 0.25) is 0 Å². The molecule has 1 atom stereocenters. The molecule has 0 bridgehead atoms.